The van der Waals surface area contributed by atoms with Crippen molar-refractivity contribution in [2.45, 2.75) is 18.9 Å². The smallest absolute Gasteiger partial charge is 0.208 e. The summed E-state index contributed by atoms with van der Waals surface area (Å²) in [6, 6.07) is 21.2. The number of anilines is 1. The lowest BCUT2D eigenvalue weighted by molar-refractivity contribution is 0.242. The fourth-order valence-electron chi connectivity index (χ4n) is 3.48. The SMILES string of the molecule is N#CCN1CCC(Nc2nc3ccccc3n2-c2ccccc2)CC1. The average Bonchev–Trinajstić information content (AvgIpc) is 3.02. The van der Waals surface area contributed by atoms with E-state index in [-0.39, 0.29) is 0 Å². The molecule has 0 atom stereocenters. The summed E-state index contributed by atoms with van der Waals surface area (Å²) in [4.78, 5) is 7.03. The van der Waals surface area contributed by atoms with Crippen LogP contribution in [0, 0.1) is 11.3 Å². The minimum atomic E-state index is 0.384. The minimum Gasteiger partial charge on any atom is -0.352 e. The Balaban J connectivity index is 1.63. The van der Waals surface area contributed by atoms with Gasteiger partial charge in [-0.3, -0.25) is 9.47 Å². The number of benzene rings is 2. The number of hydrogen-bond donors (Lipinski definition) is 1. The highest BCUT2D eigenvalue weighted by atomic mass is 15.2. The lowest BCUT2D eigenvalue weighted by Crippen LogP contribution is -2.39. The molecule has 0 aliphatic carbocycles. The summed E-state index contributed by atoms with van der Waals surface area (Å²) in [5.74, 6) is 0.895. The van der Waals surface area contributed by atoms with Crippen LogP contribution in [-0.2, 0) is 0 Å². The van der Waals surface area contributed by atoms with Gasteiger partial charge < -0.3 is 5.32 Å². The van der Waals surface area contributed by atoms with Gasteiger partial charge in [0.1, 0.15) is 0 Å². The molecule has 1 N–H and O–H groups in total. The van der Waals surface area contributed by atoms with Crippen molar-refractivity contribution in [1.82, 2.24) is 14.5 Å². The molecule has 0 spiro atoms. The van der Waals surface area contributed by atoms with Gasteiger partial charge >= 0.3 is 0 Å². The largest absolute Gasteiger partial charge is 0.352 e. The van der Waals surface area contributed by atoms with Gasteiger partial charge in [-0.05, 0) is 37.1 Å². The second kappa shape index (κ2) is 6.96. The van der Waals surface area contributed by atoms with Gasteiger partial charge in [0.05, 0.1) is 23.6 Å². The van der Waals surface area contributed by atoms with Crippen LogP contribution in [0.25, 0.3) is 16.7 Å². The van der Waals surface area contributed by atoms with Crippen molar-refractivity contribution in [2.24, 2.45) is 0 Å². The Labute approximate surface area is 147 Å². The number of aromatic nitrogens is 2. The zero-order chi connectivity index (χ0) is 17.1. The molecular weight excluding hydrogens is 310 g/mol. The molecule has 0 bridgehead atoms. The van der Waals surface area contributed by atoms with Crippen LogP contribution in [-0.4, -0.2) is 40.1 Å². The maximum absolute atomic E-state index is 8.84. The number of hydrogen-bond acceptors (Lipinski definition) is 4. The van der Waals surface area contributed by atoms with Crippen molar-refractivity contribution in [1.29, 1.82) is 5.26 Å². The number of nitrogens with one attached hydrogen (secondary N) is 1. The fraction of sp³-hybridized carbons (Fsp3) is 0.300. The second-order valence-electron chi connectivity index (χ2n) is 6.45. The highest BCUT2D eigenvalue weighted by molar-refractivity contribution is 5.81. The van der Waals surface area contributed by atoms with Gasteiger partial charge in [-0.25, -0.2) is 4.98 Å². The van der Waals surface area contributed by atoms with Crippen molar-refractivity contribution < 1.29 is 0 Å². The summed E-state index contributed by atoms with van der Waals surface area (Å²) in [5.41, 5.74) is 3.22. The van der Waals surface area contributed by atoms with Crippen LogP contribution in [0.2, 0.25) is 0 Å². The van der Waals surface area contributed by atoms with E-state index in [1.807, 2.05) is 30.3 Å². The molecule has 1 aliphatic rings. The fourth-order valence-corrected chi connectivity index (χ4v) is 3.48. The second-order valence-corrected chi connectivity index (χ2v) is 6.45. The van der Waals surface area contributed by atoms with Gasteiger partial charge in [0, 0.05) is 24.8 Å². The molecule has 2 aromatic carbocycles. The van der Waals surface area contributed by atoms with Crippen molar-refractivity contribution in [3.8, 4) is 11.8 Å². The third-order valence-corrected chi connectivity index (χ3v) is 4.79. The lowest BCUT2D eigenvalue weighted by Gasteiger charge is -2.31. The molecule has 1 fully saturated rings. The number of imidazole rings is 1. The monoisotopic (exact) mass is 331 g/mol. The minimum absolute atomic E-state index is 0.384. The number of fused-ring (bicyclic) bond motifs is 1. The number of piperidine rings is 1. The molecule has 0 amide bonds. The first-order valence-corrected chi connectivity index (χ1v) is 8.74. The van der Waals surface area contributed by atoms with Crippen molar-refractivity contribution in [3.63, 3.8) is 0 Å². The first-order chi connectivity index (χ1) is 12.3. The maximum atomic E-state index is 8.84. The molecule has 3 aromatic rings. The molecule has 1 aromatic heterocycles. The molecule has 0 saturated carbocycles. The van der Waals surface area contributed by atoms with Gasteiger partial charge in [-0.15, -0.1) is 0 Å². The van der Waals surface area contributed by atoms with Crippen LogP contribution in [0.3, 0.4) is 0 Å². The Bertz CT molecular complexity index is 885. The quantitative estimate of drug-likeness (QED) is 0.744. The Morgan fingerprint density at radius 2 is 1.76 bits per heavy atom. The van der Waals surface area contributed by atoms with E-state index in [0.717, 1.165) is 48.6 Å². The number of nitrogens with zero attached hydrogens (tertiary/aromatic N) is 4. The molecule has 5 nitrogen and oxygen atoms in total. The number of rotatable bonds is 4. The molecule has 1 aliphatic heterocycles. The predicted octanol–water partition coefficient (Wildman–Crippen LogP) is 3.43. The van der Waals surface area contributed by atoms with E-state index >= 15 is 0 Å². The predicted molar refractivity (Wildman–Crippen MR) is 99.8 cm³/mol. The van der Waals surface area contributed by atoms with E-state index < -0.39 is 0 Å². The standard InChI is InChI=1S/C20H21N5/c21-12-15-24-13-10-16(11-14-24)22-20-23-18-8-4-5-9-19(18)25(20)17-6-2-1-3-7-17/h1-9,16H,10-11,13-15H2,(H,22,23). The Hall–Kier alpha value is -2.84. The van der Waals surface area contributed by atoms with Crippen LogP contribution in [0.5, 0.6) is 0 Å². The van der Waals surface area contributed by atoms with E-state index in [0.29, 0.717) is 12.6 Å². The van der Waals surface area contributed by atoms with Crippen molar-refractivity contribution in [2.75, 3.05) is 25.0 Å². The van der Waals surface area contributed by atoms with Gasteiger partial charge in [0.25, 0.3) is 0 Å². The average molecular weight is 331 g/mol. The first-order valence-electron chi connectivity index (χ1n) is 8.74. The summed E-state index contributed by atoms with van der Waals surface area (Å²) < 4.78 is 2.19. The number of likely N-dealkylation sites (tertiary alicyclic amines) is 1. The van der Waals surface area contributed by atoms with E-state index in [9.17, 15) is 0 Å². The summed E-state index contributed by atoms with van der Waals surface area (Å²) in [6.45, 7) is 2.43. The molecule has 25 heavy (non-hydrogen) atoms. The molecule has 0 unspecified atom stereocenters. The van der Waals surface area contributed by atoms with E-state index in [1.165, 1.54) is 0 Å². The number of para-hydroxylation sites is 3. The molecule has 5 heteroatoms. The summed E-state index contributed by atoms with van der Waals surface area (Å²) in [6.07, 6.45) is 2.05. The zero-order valence-corrected chi connectivity index (χ0v) is 14.1. The summed E-state index contributed by atoms with van der Waals surface area (Å²) >= 11 is 0. The van der Waals surface area contributed by atoms with Gasteiger partial charge in [0.2, 0.25) is 5.95 Å². The first kappa shape index (κ1) is 15.7. The van der Waals surface area contributed by atoms with Crippen LogP contribution in [0.4, 0.5) is 5.95 Å². The highest BCUT2D eigenvalue weighted by Crippen LogP contribution is 2.26. The topological polar surface area (TPSA) is 56.9 Å². The maximum Gasteiger partial charge on any atom is 0.208 e. The van der Waals surface area contributed by atoms with Crippen LogP contribution < -0.4 is 5.32 Å². The third-order valence-electron chi connectivity index (χ3n) is 4.79. The number of nitriles is 1. The third kappa shape index (κ3) is 3.21. The van der Waals surface area contributed by atoms with Gasteiger partial charge in [-0.2, -0.15) is 5.26 Å². The van der Waals surface area contributed by atoms with Crippen LogP contribution in [0.1, 0.15) is 12.8 Å². The van der Waals surface area contributed by atoms with Crippen LogP contribution in [0.15, 0.2) is 54.6 Å². The van der Waals surface area contributed by atoms with E-state index in [2.05, 4.69) is 45.1 Å². The van der Waals surface area contributed by atoms with E-state index in [1.54, 1.807) is 0 Å². The lowest BCUT2D eigenvalue weighted by atomic mass is 10.1. The Kier molecular flexibility index (Phi) is 4.36. The zero-order valence-electron chi connectivity index (χ0n) is 14.1. The molecule has 126 valence electrons. The van der Waals surface area contributed by atoms with Gasteiger partial charge in [-0.1, -0.05) is 30.3 Å². The Morgan fingerprint density at radius 3 is 2.52 bits per heavy atom. The highest BCUT2D eigenvalue weighted by Gasteiger charge is 2.21. The molecule has 2 heterocycles. The van der Waals surface area contributed by atoms with Crippen LogP contribution >= 0.6 is 0 Å². The molecule has 4 rings (SSSR count). The molecule has 0 radical (unpaired) electrons. The Morgan fingerprint density at radius 1 is 1.04 bits per heavy atom. The molecular formula is C20H21N5. The summed E-state index contributed by atoms with van der Waals surface area (Å²) in [5, 5.41) is 12.5. The molecule has 1 saturated heterocycles. The van der Waals surface area contributed by atoms with Crippen molar-refractivity contribution in [3.05, 3.63) is 54.6 Å². The summed E-state index contributed by atoms with van der Waals surface area (Å²) in [7, 11) is 0. The van der Waals surface area contributed by atoms with Gasteiger partial charge in [0.15, 0.2) is 0 Å². The normalized spacial score (nSPS) is 16.0. The van der Waals surface area contributed by atoms with E-state index in [4.69, 9.17) is 10.2 Å². The van der Waals surface area contributed by atoms with Crippen molar-refractivity contribution >= 4 is 17.0 Å².